The van der Waals surface area contributed by atoms with Gasteiger partial charge in [-0.15, -0.1) is 0 Å². The summed E-state index contributed by atoms with van der Waals surface area (Å²) in [6.45, 7) is 10.3. The lowest BCUT2D eigenvalue weighted by Crippen LogP contribution is -2.10. The Morgan fingerprint density at radius 2 is 1.88 bits per heavy atom. The maximum Gasteiger partial charge on any atom is 0.122 e. The molecule has 0 saturated heterocycles. The van der Waals surface area contributed by atoms with E-state index in [2.05, 4.69) is 39.1 Å². The summed E-state index contributed by atoms with van der Waals surface area (Å²) in [5, 5.41) is 3.21. The highest BCUT2D eigenvalue weighted by Gasteiger charge is 2.10. The monoisotopic (exact) mass is 221 g/mol. The lowest BCUT2D eigenvalue weighted by Gasteiger charge is -2.17. The van der Waals surface area contributed by atoms with Gasteiger partial charge in [0.15, 0.2) is 0 Å². The molecule has 0 aliphatic rings. The van der Waals surface area contributed by atoms with Crippen LogP contribution in [0.1, 0.15) is 35.6 Å². The Labute approximate surface area is 99.0 Å². The molecule has 0 bridgehead atoms. The minimum atomic E-state index is 0.797. The molecular weight excluding hydrogens is 198 g/mol. The third-order valence-electron chi connectivity index (χ3n) is 3.02. The van der Waals surface area contributed by atoms with Crippen LogP contribution in [-0.2, 0) is 6.54 Å². The molecule has 0 fully saturated rings. The van der Waals surface area contributed by atoms with E-state index in [1.807, 2.05) is 7.05 Å². The molecule has 0 heterocycles. The van der Waals surface area contributed by atoms with Crippen molar-refractivity contribution in [3.05, 3.63) is 28.3 Å². The molecule has 0 radical (unpaired) electrons. The molecule has 0 aliphatic carbocycles. The molecule has 0 amide bonds. The van der Waals surface area contributed by atoms with Gasteiger partial charge in [-0.25, -0.2) is 0 Å². The largest absolute Gasteiger partial charge is 0.493 e. The van der Waals surface area contributed by atoms with Crippen molar-refractivity contribution in [1.29, 1.82) is 0 Å². The molecule has 0 aromatic heterocycles. The minimum Gasteiger partial charge on any atom is -0.493 e. The van der Waals surface area contributed by atoms with Crippen molar-refractivity contribution in [3.63, 3.8) is 0 Å². The van der Waals surface area contributed by atoms with E-state index in [1.54, 1.807) is 0 Å². The van der Waals surface area contributed by atoms with E-state index in [1.165, 1.54) is 22.3 Å². The van der Waals surface area contributed by atoms with E-state index < -0.39 is 0 Å². The standard InChI is InChI=1S/C14H23NO/c1-6-7-16-14-8-10(2)13(9-15-5)11(3)12(14)4/h8,15H,6-7,9H2,1-5H3. The molecule has 16 heavy (non-hydrogen) atoms. The van der Waals surface area contributed by atoms with Gasteiger partial charge >= 0.3 is 0 Å². The van der Waals surface area contributed by atoms with Crippen LogP contribution in [0.5, 0.6) is 5.75 Å². The Hall–Kier alpha value is -1.02. The minimum absolute atomic E-state index is 0.797. The van der Waals surface area contributed by atoms with Crippen LogP contribution in [-0.4, -0.2) is 13.7 Å². The van der Waals surface area contributed by atoms with Crippen LogP contribution in [0.3, 0.4) is 0 Å². The zero-order valence-corrected chi connectivity index (χ0v) is 11.1. The van der Waals surface area contributed by atoms with Crippen LogP contribution in [0.2, 0.25) is 0 Å². The summed E-state index contributed by atoms with van der Waals surface area (Å²) in [4.78, 5) is 0. The first-order valence-corrected chi connectivity index (χ1v) is 5.98. The fraction of sp³-hybridized carbons (Fsp3) is 0.571. The molecular formula is C14H23NO. The molecule has 0 spiro atoms. The SMILES string of the molecule is CCCOc1cc(C)c(CNC)c(C)c1C. The Morgan fingerprint density at radius 3 is 2.44 bits per heavy atom. The van der Waals surface area contributed by atoms with Gasteiger partial charge in [-0.05, 0) is 62.6 Å². The summed E-state index contributed by atoms with van der Waals surface area (Å²) in [7, 11) is 1.98. The van der Waals surface area contributed by atoms with Crippen LogP contribution < -0.4 is 10.1 Å². The van der Waals surface area contributed by atoms with Crippen LogP contribution in [0.4, 0.5) is 0 Å². The third-order valence-corrected chi connectivity index (χ3v) is 3.02. The normalized spacial score (nSPS) is 10.6. The van der Waals surface area contributed by atoms with E-state index in [0.717, 1.165) is 25.3 Å². The van der Waals surface area contributed by atoms with E-state index in [9.17, 15) is 0 Å². The van der Waals surface area contributed by atoms with Crippen molar-refractivity contribution in [3.8, 4) is 5.75 Å². The van der Waals surface area contributed by atoms with Gasteiger partial charge in [0.2, 0.25) is 0 Å². The van der Waals surface area contributed by atoms with Gasteiger partial charge < -0.3 is 10.1 Å². The smallest absolute Gasteiger partial charge is 0.122 e. The van der Waals surface area contributed by atoms with Crippen molar-refractivity contribution in [1.82, 2.24) is 5.32 Å². The fourth-order valence-electron chi connectivity index (χ4n) is 1.91. The number of aryl methyl sites for hydroxylation is 1. The summed E-state index contributed by atoms with van der Waals surface area (Å²) < 4.78 is 5.76. The van der Waals surface area contributed by atoms with Crippen molar-refractivity contribution in [2.24, 2.45) is 0 Å². The van der Waals surface area contributed by atoms with Crippen molar-refractivity contribution >= 4 is 0 Å². The number of nitrogens with one attached hydrogen (secondary N) is 1. The predicted molar refractivity (Wildman–Crippen MR) is 69.2 cm³/mol. The van der Waals surface area contributed by atoms with Gasteiger partial charge in [0.25, 0.3) is 0 Å². The Kier molecular flexibility index (Phi) is 4.81. The number of hydrogen-bond acceptors (Lipinski definition) is 2. The number of hydrogen-bond donors (Lipinski definition) is 1. The third kappa shape index (κ3) is 2.76. The molecule has 1 aromatic carbocycles. The molecule has 0 saturated carbocycles. The first-order valence-electron chi connectivity index (χ1n) is 5.98. The second-order valence-electron chi connectivity index (χ2n) is 4.30. The number of benzene rings is 1. The van der Waals surface area contributed by atoms with E-state index in [-0.39, 0.29) is 0 Å². The van der Waals surface area contributed by atoms with Crippen LogP contribution >= 0.6 is 0 Å². The molecule has 90 valence electrons. The molecule has 0 atom stereocenters. The molecule has 1 N–H and O–H groups in total. The van der Waals surface area contributed by atoms with Gasteiger partial charge in [0.05, 0.1) is 6.61 Å². The van der Waals surface area contributed by atoms with E-state index >= 15 is 0 Å². The number of ether oxygens (including phenoxy) is 1. The maximum atomic E-state index is 5.76. The van der Waals surface area contributed by atoms with E-state index in [4.69, 9.17) is 4.74 Å². The fourth-order valence-corrected chi connectivity index (χ4v) is 1.91. The van der Waals surface area contributed by atoms with Gasteiger partial charge in [0.1, 0.15) is 5.75 Å². The summed E-state index contributed by atoms with van der Waals surface area (Å²) >= 11 is 0. The van der Waals surface area contributed by atoms with Crippen molar-refractivity contribution in [2.75, 3.05) is 13.7 Å². The second-order valence-corrected chi connectivity index (χ2v) is 4.30. The summed E-state index contributed by atoms with van der Waals surface area (Å²) in [5.41, 5.74) is 5.32. The van der Waals surface area contributed by atoms with Crippen LogP contribution in [0.25, 0.3) is 0 Å². The first-order chi connectivity index (χ1) is 7.61. The Bertz CT molecular complexity index is 358. The van der Waals surface area contributed by atoms with Crippen LogP contribution in [0.15, 0.2) is 6.07 Å². The first kappa shape index (κ1) is 13.0. The second kappa shape index (κ2) is 5.90. The van der Waals surface area contributed by atoms with Gasteiger partial charge in [0, 0.05) is 6.54 Å². The van der Waals surface area contributed by atoms with E-state index in [0.29, 0.717) is 0 Å². The molecule has 2 heteroatoms. The lowest BCUT2D eigenvalue weighted by molar-refractivity contribution is 0.314. The van der Waals surface area contributed by atoms with Crippen LogP contribution in [0, 0.1) is 20.8 Å². The molecule has 0 aliphatic heterocycles. The average molecular weight is 221 g/mol. The molecule has 1 rings (SSSR count). The lowest BCUT2D eigenvalue weighted by atomic mass is 9.97. The quantitative estimate of drug-likeness (QED) is 0.825. The highest BCUT2D eigenvalue weighted by atomic mass is 16.5. The predicted octanol–water partition coefficient (Wildman–Crippen LogP) is 3.12. The molecule has 2 nitrogen and oxygen atoms in total. The zero-order valence-electron chi connectivity index (χ0n) is 11.1. The molecule has 0 unspecified atom stereocenters. The maximum absolute atomic E-state index is 5.76. The van der Waals surface area contributed by atoms with Crippen molar-refractivity contribution in [2.45, 2.75) is 40.7 Å². The highest BCUT2D eigenvalue weighted by molar-refractivity contribution is 5.48. The molecule has 1 aromatic rings. The van der Waals surface area contributed by atoms with Gasteiger partial charge in [-0.3, -0.25) is 0 Å². The van der Waals surface area contributed by atoms with Gasteiger partial charge in [-0.2, -0.15) is 0 Å². The average Bonchev–Trinajstić information content (AvgIpc) is 2.27. The Balaban J connectivity index is 3.06. The summed E-state index contributed by atoms with van der Waals surface area (Å²) in [5.74, 6) is 1.04. The topological polar surface area (TPSA) is 21.3 Å². The summed E-state index contributed by atoms with van der Waals surface area (Å²) in [6.07, 6.45) is 1.05. The number of rotatable bonds is 5. The van der Waals surface area contributed by atoms with Crippen molar-refractivity contribution < 1.29 is 4.74 Å². The Morgan fingerprint density at radius 1 is 1.19 bits per heavy atom. The zero-order chi connectivity index (χ0) is 12.1. The van der Waals surface area contributed by atoms with Gasteiger partial charge in [-0.1, -0.05) is 6.92 Å². The highest BCUT2D eigenvalue weighted by Crippen LogP contribution is 2.27. The summed E-state index contributed by atoms with van der Waals surface area (Å²) in [6, 6.07) is 2.16.